The van der Waals surface area contributed by atoms with E-state index in [1.807, 2.05) is 0 Å². The molecule has 0 aromatic carbocycles. The molecule has 13 heavy (non-hydrogen) atoms. The summed E-state index contributed by atoms with van der Waals surface area (Å²) in [5.41, 5.74) is -0.350. The predicted molar refractivity (Wildman–Crippen MR) is 55.8 cm³/mol. The molecule has 1 atom stereocenters. The Kier molecular flexibility index (Phi) is 3.74. The number of likely N-dealkylation sites (tertiary alicyclic amines) is 1. The van der Waals surface area contributed by atoms with Crippen LogP contribution in [0.2, 0.25) is 0 Å². The number of β-amino-alcohol motifs (C(OH)–C–C–N with tert-alkyl or cyclic N) is 1. The molecule has 0 radical (unpaired) electrons. The van der Waals surface area contributed by atoms with E-state index in [9.17, 15) is 5.11 Å². The highest BCUT2D eigenvalue weighted by atomic mass is 16.3. The Labute approximate surface area is 81.9 Å². The van der Waals surface area contributed by atoms with Crippen molar-refractivity contribution in [1.82, 2.24) is 4.90 Å². The molecule has 1 unspecified atom stereocenters. The fraction of sp³-hybridized carbons (Fsp3) is 1.00. The van der Waals surface area contributed by atoms with Crippen molar-refractivity contribution in [2.75, 3.05) is 13.1 Å². The van der Waals surface area contributed by atoms with Crippen molar-refractivity contribution in [2.24, 2.45) is 0 Å². The second-order valence-electron chi connectivity index (χ2n) is 4.52. The first-order chi connectivity index (χ1) is 6.11. The number of rotatable bonds is 5. The second-order valence-corrected chi connectivity index (χ2v) is 4.52. The van der Waals surface area contributed by atoms with Crippen LogP contribution in [0.15, 0.2) is 0 Å². The van der Waals surface area contributed by atoms with Gasteiger partial charge in [0.25, 0.3) is 0 Å². The van der Waals surface area contributed by atoms with Crippen molar-refractivity contribution in [3.8, 4) is 0 Å². The molecular weight excluding hydrogens is 162 g/mol. The molecule has 1 saturated heterocycles. The summed E-state index contributed by atoms with van der Waals surface area (Å²) in [4.78, 5) is 2.39. The minimum Gasteiger partial charge on any atom is -0.387 e. The first-order valence-corrected chi connectivity index (χ1v) is 5.57. The Bertz CT molecular complexity index is 152. The van der Waals surface area contributed by atoms with Gasteiger partial charge in [0.05, 0.1) is 5.60 Å². The maximum Gasteiger partial charge on any atom is 0.0900 e. The SMILES string of the molecule is CCCC(C)N1CC(O)(CCC)C1. The van der Waals surface area contributed by atoms with Gasteiger partial charge in [-0.15, -0.1) is 0 Å². The average Bonchev–Trinajstić information content (AvgIpc) is 2.01. The van der Waals surface area contributed by atoms with Gasteiger partial charge in [-0.25, -0.2) is 0 Å². The van der Waals surface area contributed by atoms with Gasteiger partial charge >= 0.3 is 0 Å². The van der Waals surface area contributed by atoms with Crippen LogP contribution < -0.4 is 0 Å². The zero-order valence-corrected chi connectivity index (χ0v) is 9.21. The molecule has 1 rings (SSSR count). The molecular formula is C11H23NO. The molecule has 78 valence electrons. The van der Waals surface area contributed by atoms with Gasteiger partial charge in [0, 0.05) is 19.1 Å². The number of aliphatic hydroxyl groups is 1. The molecule has 0 aliphatic carbocycles. The summed E-state index contributed by atoms with van der Waals surface area (Å²) in [6, 6.07) is 0.655. The van der Waals surface area contributed by atoms with Crippen LogP contribution in [-0.2, 0) is 0 Å². The molecule has 2 heteroatoms. The second kappa shape index (κ2) is 4.43. The van der Waals surface area contributed by atoms with Crippen molar-refractivity contribution in [3.05, 3.63) is 0 Å². The van der Waals surface area contributed by atoms with E-state index in [4.69, 9.17) is 0 Å². The van der Waals surface area contributed by atoms with Crippen LogP contribution in [0.25, 0.3) is 0 Å². The van der Waals surface area contributed by atoms with E-state index in [0.717, 1.165) is 25.9 Å². The van der Waals surface area contributed by atoms with Crippen molar-refractivity contribution in [1.29, 1.82) is 0 Å². The van der Waals surface area contributed by atoms with Crippen molar-refractivity contribution in [3.63, 3.8) is 0 Å². The summed E-state index contributed by atoms with van der Waals surface area (Å²) < 4.78 is 0. The van der Waals surface area contributed by atoms with E-state index < -0.39 is 0 Å². The van der Waals surface area contributed by atoms with Gasteiger partial charge in [-0.1, -0.05) is 26.7 Å². The summed E-state index contributed by atoms with van der Waals surface area (Å²) in [5, 5.41) is 9.96. The van der Waals surface area contributed by atoms with Crippen LogP contribution in [0.5, 0.6) is 0 Å². The Balaban J connectivity index is 2.23. The molecule has 0 aromatic heterocycles. The molecule has 0 saturated carbocycles. The third kappa shape index (κ3) is 2.68. The largest absolute Gasteiger partial charge is 0.387 e. The topological polar surface area (TPSA) is 23.5 Å². The van der Waals surface area contributed by atoms with Crippen LogP contribution in [0.3, 0.4) is 0 Å². The van der Waals surface area contributed by atoms with Gasteiger partial charge in [-0.05, 0) is 19.8 Å². The highest BCUT2D eigenvalue weighted by Gasteiger charge is 2.41. The Morgan fingerprint density at radius 1 is 1.31 bits per heavy atom. The van der Waals surface area contributed by atoms with Gasteiger partial charge in [0.15, 0.2) is 0 Å². The lowest BCUT2D eigenvalue weighted by Gasteiger charge is -2.49. The highest BCUT2D eigenvalue weighted by Crippen LogP contribution is 2.28. The Morgan fingerprint density at radius 2 is 1.92 bits per heavy atom. The van der Waals surface area contributed by atoms with Gasteiger partial charge in [-0.3, -0.25) is 4.90 Å². The quantitative estimate of drug-likeness (QED) is 0.708. The fourth-order valence-corrected chi connectivity index (χ4v) is 2.25. The maximum atomic E-state index is 9.96. The molecule has 0 bridgehead atoms. The average molecular weight is 185 g/mol. The molecule has 0 amide bonds. The fourth-order valence-electron chi connectivity index (χ4n) is 2.25. The van der Waals surface area contributed by atoms with E-state index in [1.165, 1.54) is 12.8 Å². The highest BCUT2D eigenvalue weighted by molar-refractivity contribution is 4.96. The summed E-state index contributed by atoms with van der Waals surface area (Å²) in [5.74, 6) is 0. The van der Waals surface area contributed by atoms with E-state index >= 15 is 0 Å². The summed E-state index contributed by atoms with van der Waals surface area (Å²) in [7, 11) is 0. The molecule has 0 spiro atoms. The van der Waals surface area contributed by atoms with Crippen LogP contribution in [0.1, 0.15) is 46.5 Å². The third-order valence-electron chi connectivity index (χ3n) is 3.04. The Morgan fingerprint density at radius 3 is 2.38 bits per heavy atom. The van der Waals surface area contributed by atoms with Crippen LogP contribution in [-0.4, -0.2) is 34.7 Å². The summed E-state index contributed by atoms with van der Waals surface area (Å²) >= 11 is 0. The van der Waals surface area contributed by atoms with E-state index in [2.05, 4.69) is 25.7 Å². The minimum atomic E-state index is -0.350. The monoisotopic (exact) mass is 185 g/mol. The smallest absolute Gasteiger partial charge is 0.0900 e. The lowest BCUT2D eigenvalue weighted by atomic mass is 9.87. The summed E-state index contributed by atoms with van der Waals surface area (Å²) in [6.45, 7) is 8.39. The number of nitrogens with zero attached hydrogens (tertiary/aromatic N) is 1. The lowest BCUT2D eigenvalue weighted by molar-refractivity contribution is -0.118. The maximum absolute atomic E-state index is 9.96. The van der Waals surface area contributed by atoms with E-state index in [1.54, 1.807) is 0 Å². The third-order valence-corrected chi connectivity index (χ3v) is 3.04. The van der Waals surface area contributed by atoms with Crippen LogP contribution in [0.4, 0.5) is 0 Å². The van der Waals surface area contributed by atoms with E-state index in [-0.39, 0.29) is 5.60 Å². The standard InChI is InChI=1S/C11H23NO/c1-4-6-10(3)12-8-11(13,9-12)7-5-2/h10,13H,4-9H2,1-3H3. The van der Waals surface area contributed by atoms with Crippen molar-refractivity contribution in [2.45, 2.75) is 58.1 Å². The first-order valence-electron chi connectivity index (χ1n) is 5.57. The van der Waals surface area contributed by atoms with Crippen molar-refractivity contribution >= 4 is 0 Å². The minimum absolute atomic E-state index is 0.350. The predicted octanol–water partition coefficient (Wildman–Crippen LogP) is 2.02. The van der Waals surface area contributed by atoms with Gasteiger partial charge in [-0.2, -0.15) is 0 Å². The Hall–Kier alpha value is -0.0800. The molecule has 1 fully saturated rings. The van der Waals surface area contributed by atoms with Gasteiger partial charge in [0.2, 0.25) is 0 Å². The zero-order chi connectivity index (χ0) is 9.90. The van der Waals surface area contributed by atoms with Gasteiger partial charge < -0.3 is 5.11 Å². The molecule has 1 aliphatic rings. The molecule has 1 N–H and O–H groups in total. The molecule has 0 aromatic rings. The van der Waals surface area contributed by atoms with Crippen molar-refractivity contribution < 1.29 is 5.11 Å². The van der Waals surface area contributed by atoms with E-state index in [0.29, 0.717) is 6.04 Å². The van der Waals surface area contributed by atoms with Gasteiger partial charge in [0.1, 0.15) is 0 Å². The zero-order valence-electron chi connectivity index (χ0n) is 9.21. The first kappa shape index (κ1) is 11.0. The van der Waals surface area contributed by atoms with Crippen LogP contribution in [0, 0.1) is 0 Å². The molecule has 1 aliphatic heterocycles. The molecule has 1 heterocycles. The normalized spacial score (nSPS) is 24.0. The lowest BCUT2D eigenvalue weighted by Crippen LogP contribution is -2.63. The molecule has 2 nitrogen and oxygen atoms in total. The summed E-state index contributed by atoms with van der Waals surface area (Å²) in [6.07, 6.45) is 4.54. The number of hydrogen-bond acceptors (Lipinski definition) is 2. The number of hydrogen-bond donors (Lipinski definition) is 1. The van der Waals surface area contributed by atoms with Crippen LogP contribution >= 0.6 is 0 Å².